The molecule has 0 bridgehead atoms. The molecule has 0 aromatic rings. The predicted molar refractivity (Wildman–Crippen MR) is 147 cm³/mol. The molecular formula is C23H44N8O6S. The molecule has 4 amide bonds. The fraction of sp³-hybridized carbons (Fsp3) is 0.739. The Kier molecular flexibility index (Phi) is 16.8. The molecule has 0 unspecified atom stereocenters. The van der Waals surface area contributed by atoms with Crippen molar-refractivity contribution < 1.29 is 29.1 Å². The van der Waals surface area contributed by atoms with E-state index in [9.17, 15) is 29.1 Å². The number of nitrogens with one attached hydrogen (secondary N) is 4. The van der Waals surface area contributed by atoms with Crippen LogP contribution in [-0.2, 0) is 24.0 Å². The first kappa shape index (κ1) is 34.9. The van der Waals surface area contributed by atoms with Crippen LogP contribution in [0.3, 0.4) is 0 Å². The first-order chi connectivity index (χ1) is 17.7. The van der Waals surface area contributed by atoms with Gasteiger partial charge in [0.15, 0.2) is 5.96 Å². The van der Waals surface area contributed by atoms with E-state index < -0.39 is 59.8 Å². The van der Waals surface area contributed by atoms with E-state index in [0.29, 0.717) is 18.6 Å². The Balaban J connectivity index is 5.24. The van der Waals surface area contributed by atoms with Gasteiger partial charge >= 0.3 is 5.97 Å². The topological polar surface area (TPSA) is 244 Å². The minimum Gasteiger partial charge on any atom is -0.480 e. The van der Waals surface area contributed by atoms with Gasteiger partial charge in [-0.2, -0.15) is 11.8 Å². The van der Waals surface area contributed by atoms with Gasteiger partial charge in [0.1, 0.15) is 24.2 Å². The van der Waals surface area contributed by atoms with Crippen molar-refractivity contribution in [1.29, 1.82) is 0 Å². The van der Waals surface area contributed by atoms with Gasteiger partial charge in [-0.15, -0.1) is 0 Å². The molecule has 14 nitrogen and oxygen atoms in total. The molecule has 38 heavy (non-hydrogen) atoms. The van der Waals surface area contributed by atoms with Gasteiger partial charge in [0, 0.05) is 6.54 Å². The Morgan fingerprint density at radius 2 is 1.34 bits per heavy atom. The summed E-state index contributed by atoms with van der Waals surface area (Å²) in [6.45, 7) is 6.71. The minimum absolute atomic E-state index is 0.00380. The summed E-state index contributed by atoms with van der Waals surface area (Å²) in [4.78, 5) is 65.8. The van der Waals surface area contributed by atoms with E-state index in [4.69, 9.17) is 17.2 Å². The number of nitrogens with two attached hydrogens (primary N) is 3. The first-order valence-corrected chi connectivity index (χ1v) is 13.8. The molecule has 0 rings (SSSR count). The van der Waals surface area contributed by atoms with Crippen LogP contribution in [0.1, 0.15) is 53.4 Å². The average molecular weight is 561 g/mol. The van der Waals surface area contributed by atoms with E-state index in [2.05, 4.69) is 26.3 Å². The van der Waals surface area contributed by atoms with Crippen LogP contribution < -0.4 is 38.5 Å². The Morgan fingerprint density at radius 1 is 0.816 bits per heavy atom. The number of aliphatic imine (C=N–C) groups is 1. The molecule has 0 aromatic carbocycles. The third-order valence-electron chi connectivity index (χ3n) is 5.37. The lowest BCUT2D eigenvalue weighted by Crippen LogP contribution is -2.57. The number of carboxylic acid groups (broad SMARTS) is 1. The van der Waals surface area contributed by atoms with Gasteiger partial charge in [0.25, 0.3) is 0 Å². The number of guanidine groups is 1. The van der Waals surface area contributed by atoms with Crippen LogP contribution in [-0.4, -0.2) is 89.4 Å². The van der Waals surface area contributed by atoms with Gasteiger partial charge in [0.2, 0.25) is 23.6 Å². The Bertz CT molecular complexity index is 837. The summed E-state index contributed by atoms with van der Waals surface area (Å²) < 4.78 is 0. The average Bonchev–Trinajstić information content (AvgIpc) is 2.82. The number of rotatable bonds is 18. The lowest BCUT2D eigenvalue weighted by molar-refractivity contribution is -0.142. The van der Waals surface area contributed by atoms with Crippen molar-refractivity contribution in [1.82, 2.24) is 21.3 Å². The summed E-state index contributed by atoms with van der Waals surface area (Å²) in [5.74, 6) is -3.08. The molecule has 5 atom stereocenters. The fourth-order valence-corrected chi connectivity index (χ4v) is 3.69. The third kappa shape index (κ3) is 14.6. The molecule has 0 heterocycles. The molecule has 0 fully saturated rings. The van der Waals surface area contributed by atoms with Crippen molar-refractivity contribution >= 4 is 47.3 Å². The van der Waals surface area contributed by atoms with Crippen molar-refractivity contribution in [3.05, 3.63) is 0 Å². The minimum atomic E-state index is -1.19. The van der Waals surface area contributed by atoms with Gasteiger partial charge < -0.3 is 43.6 Å². The highest BCUT2D eigenvalue weighted by atomic mass is 32.2. The van der Waals surface area contributed by atoms with Crippen molar-refractivity contribution in [2.45, 2.75) is 83.6 Å². The van der Waals surface area contributed by atoms with E-state index in [1.165, 1.54) is 13.8 Å². The van der Waals surface area contributed by atoms with Crippen LogP contribution >= 0.6 is 11.8 Å². The monoisotopic (exact) mass is 560 g/mol. The molecule has 11 N–H and O–H groups in total. The molecule has 0 spiro atoms. The highest BCUT2D eigenvalue weighted by Gasteiger charge is 2.29. The molecule has 0 saturated heterocycles. The smallest absolute Gasteiger partial charge is 0.326 e. The molecule has 0 radical (unpaired) electrons. The first-order valence-electron chi connectivity index (χ1n) is 12.4. The van der Waals surface area contributed by atoms with Gasteiger partial charge in [0.05, 0.1) is 6.04 Å². The number of nitrogens with zero attached hydrogens (tertiary/aromatic N) is 1. The van der Waals surface area contributed by atoms with Crippen molar-refractivity contribution in [2.24, 2.45) is 28.1 Å². The number of hydrogen-bond donors (Lipinski definition) is 8. The lowest BCUT2D eigenvalue weighted by atomic mass is 10.0. The normalized spacial score (nSPS) is 14.8. The molecule has 0 aliphatic carbocycles. The van der Waals surface area contributed by atoms with Gasteiger partial charge in [-0.3, -0.25) is 24.2 Å². The maximum absolute atomic E-state index is 12.9. The zero-order chi connectivity index (χ0) is 29.4. The van der Waals surface area contributed by atoms with Crippen LogP contribution in [0.15, 0.2) is 4.99 Å². The number of carbonyl (C=O) groups is 5. The van der Waals surface area contributed by atoms with Gasteiger partial charge in [-0.1, -0.05) is 13.8 Å². The van der Waals surface area contributed by atoms with E-state index in [1.54, 1.807) is 11.8 Å². The second-order valence-corrected chi connectivity index (χ2v) is 10.4. The molecule has 15 heteroatoms. The highest BCUT2D eigenvalue weighted by molar-refractivity contribution is 7.98. The van der Waals surface area contributed by atoms with Crippen LogP contribution in [0.5, 0.6) is 0 Å². The SMILES string of the molecule is CSCC[C@H](N)C(=O)N[C@@H](C)C(=O)N[C@@H](C)C(=O)N[C@@H](CCCN=C(N)N)C(=O)N[C@@H](CC(C)C)C(=O)O. The molecule has 0 saturated carbocycles. The van der Waals surface area contributed by atoms with Gasteiger partial charge in [-0.25, -0.2) is 4.79 Å². The summed E-state index contributed by atoms with van der Waals surface area (Å²) >= 11 is 1.55. The lowest BCUT2D eigenvalue weighted by Gasteiger charge is -2.24. The Labute approximate surface area is 228 Å². The van der Waals surface area contributed by atoms with Gasteiger partial charge in [-0.05, 0) is 57.5 Å². The third-order valence-corrected chi connectivity index (χ3v) is 6.02. The van der Waals surface area contributed by atoms with Crippen LogP contribution in [0, 0.1) is 5.92 Å². The van der Waals surface area contributed by atoms with E-state index in [1.807, 2.05) is 20.1 Å². The standard InChI is InChI=1S/C23H44N8O6S/c1-12(2)11-17(22(36)37)31-21(35)16(7-6-9-27-23(25)26)30-19(33)14(4)28-18(32)13(3)29-20(34)15(24)8-10-38-5/h12-17H,6-11,24H2,1-5H3,(H,28,32)(H,29,34)(H,30,33)(H,31,35)(H,36,37)(H4,25,26,27)/t13-,14-,15-,16-,17-/m0/s1. The summed E-state index contributed by atoms with van der Waals surface area (Å²) in [5, 5.41) is 19.5. The quantitative estimate of drug-likeness (QED) is 0.0532. The second-order valence-electron chi connectivity index (χ2n) is 9.39. The molecule has 0 aromatic heterocycles. The number of amides is 4. The zero-order valence-electron chi connectivity index (χ0n) is 22.8. The summed E-state index contributed by atoms with van der Waals surface area (Å²) in [6, 6.07) is -5.02. The summed E-state index contributed by atoms with van der Waals surface area (Å²) in [5.41, 5.74) is 16.4. The Morgan fingerprint density at radius 3 is 1.84 bits per heavy atom. The number of hydrogen-bond acceptors (Lipinski definition) is 8. The maximum atomic E-state index is 12.9. The zero-order valence-corrected chi connectivity index (χ0v) is 23.6. The largest absolute Gasteiger partial charge is 0.480 e. The van der Waals surface area contributed by atoms with E-state index in [0.717, 1.165) is 0 Å². The number of carboxylic acids is 1. The molecule has 0 aliphatic heterocycles. The number of carbonyl (C=O) groups excluding carboxylic acids is 4. The second kappa shape index (κ2) is 18.2. The Hall–Kier alpha value is -3.07. The predicted octanol–water partition coefficient (Wildman–Crippen LogP) is -1.77. The summed E-state index contributed by atoms with van der Waals surface area (Å²) in [6.07, 6.45) is 2.98. The van der Waals surface area contributed by atoms with Crippen molar-refractivity contribution in [3.8, 4) is 0 Å². The summed E-state index contributed by atoms with van der Waals surface area (Å²) in [7, 11) is 0. The molecule has 0 aliphatic rings. The van der Waals surface area contributed by atoms with E-state index >= 15 is 0 Å². The van der Waals surface area contributed by atoms with Crippen LogP contribution in [0.25, 0.3) is 0 Å². The maximum Gasteiger partial charge on any atom is 0.326 e. The van der Waals surface area contributed by atoms with Crippen molar-refractivity contribution in [3.63, 3.8) is 0 Å². The molecular weight excluding hydrogens is 516 g/mol. The number of aliphatic carboxylic acids is 1. The fourth-order valence-electron chi connectivity index (χ4n) is 3.20. The van der Waals surface area contributed by atoms with Crippen LogP contribution in [0.2, 0.25) is 0 Å². The molecule has 218 valence electrons. The van der Waals surface area contributed by atoms with Crippen LogP contribution in [0.4, 0.5) is 0 Å². The van der Waals surface area contributed by atoms with E-state index in [-0.39, 0.29) is 31.3 Å². The highest BCUT2D eigenvalue weighted by Crippen LogP contribution is 2.07. The number of thioether (sulfide) groups is 1. The van der Waals surface area contributed by atoms with Crippen molar-refractivity contribution in [2.75, 3.05) is 18.6 Å².